The summed E-state index contributed by atoms with van der Waals surface area (Å²) in [6, 6.07) is 8.10. The zero-order valence-corrected chi connectivity index (χ0v) is 9.66. The van der Waals surface area contributed by atoms with Crippen molar-refractivity contribution in [3.63, 3.8) is 0 Å². The molecular formula is C13H17NO2. The molecule has 3 heteroatoms. The molecule has 16 heavy (non-hydrogen) atoms. The smallest absolute Gasteiger partial charge is 0.120 e. The van der Waals surface area contributed by atoms with Crippen molar-refractivity contribution in [3.8, 4) is 5.75 Å². The summed E-state index contributed by atoms with van der Waals surface area (Å²) in [5, 5.41) is 10.4. The van der Waals surface area contributed by atoms with Crippen molar-refractivity contribution >= 4 is 10.9 Å². The van der Waals surface area contributed by atoms with Gasteiger partial charge in [-0.1, -0.05) is 0 Å². The summed E-state index contributed by atoms with van der Waals surface area (Å²) in [5.74, 6) is 0.858. The first-order valence-electron chi connectivity index (χ1n) is 5.53. The van der Waals surface area contributed by atoms with Crippen LogP contribution in [0, 0.1) is 0 Å². The molecule has 0 aliphatic heterocycles. The lowest BCUT2D eigenvalue weighted by atomic mass is 10.1. The fourth-order valence-corrected chi connectivity index (χ4v) is 1.79. The highest BCUT2D eigenvalue weighted by molar-refractivity contribution is 5.81. The zero-order chi connectivity index (χ0) is 11.5. The molecule has 0 bridgehead atoms. The minimum atomic E-state index is -0.249. The fourth-order valence-electron chi connectivity index (χ4n) is 1.79. The van der Waals surface area contributed by atoms with Gasteiger partial charge in [-0.25, -0.2) is 0 Å². The number of benzene rings is 1. The largest absolute Gasteiger partial charge is 0.497 e. The summed E-state index contributed by atoms with van der Waals surface area (Å²) < 4.78 is 5.17. The summed E-state index contributed by atoms with van der Waals surface area (Å²) in [6.45, 7) is 1.81. The average Bonchev–Trinajstić information content (AvgIpc) is 2.67. The minimum absolute atomic E-state index is 0.249. The topological polar surface area (TPSA) is 45.2 Å². The maximum atomic E-state index is 9.24. The van der Waals surface area contributed by atoms with Crippen LogP contribution in [-0.2, 0) is 6.42 Å². The monoisotopic (exact) mass is 219 g/mol. The number of ether oxygens (including phenoxy) is 1. The Morgan fingerprint density at radius 1 is 1.38 bits per heavy atom. The number of H-pyrrole nitrogens is 1. The van der Waals surface area contributed by atoms with E-state index in [4.69, 9.17) is 4.74 Å². The molecule has 1 atom stereocenters. The molecule has 2 N–H and O–H groups in total. The lowest BCUT2D eigenvalue weighted by Crippen LogP contribution is -2.01. The molecule has 0 aliphatic rings. The van der Waals surface area contributed by atoms with Crippen LogP contribution in [0.5, 0.6) is 5.75 Å². The fraction of sp³-hybridized carbons (Fsp3) is 0.385. The summed E-state index contributed by atoms with van der Waals surface area (Å²) in [4.78, 5) is 3.33. The van der Waals surface area contributed by atoms with Crippen LogP contribution in [0.25, 0.3) is 10.9 Å². The Hall–Kier alpha value is -1.48. The van der Waals surface area contributed by atoms with Crippen LogP contribution in [0.2, 0.25) is 0 Å². The van der Waals surface area contributed by atoms with Gasteiger partial charge in [0.25, 0.3) is 0 Å². The Morgan fingerprint density at radius 2 is 2.19 bits per heavy atom. The van der Waals surface area contributed by atoms with Crippen LogP contribution >= 0.6 is 0 Å². The molecule has 1 aromatic carbocycles. The number of fused-ring (bicyclic) bond motifs is 1. The molecule has 3 nitrogen and oxygen atoms in total. The predicted octanol–water partition coefficient (Wildman–Crippen LogP) is 2.49. The number of aromatic amines is 1. The number of nitrogens with one attached hydrogen (secondary N) is 1. The number of hydrogen-bond donors (Lipinski definition) is 2. The van der Waals surface area contributed by atoms with Gasteiger partial charge in [0.15, 0.2) is 0 Å². The maximum Gasteiger partial charge on any atom is 0.120 e. The van der Waals surface area contributed by atoms with E-state index in [0.717, 1.165) is 29.8 Å². The molecular weight excluding hydrogens is 202 g/mol. The number of hydrogen-bond acceptors (Lipinski definition) is 2. The van der Waals surface area contributed by atoms with Gasteiger partial charge in [-0.2, -0.15) is 0 Å². The van der Waals surface area contributed by atoms with E-state index < -0.39 is 0 Å². The molecule has 0 saturated carbocycles. The van der Waals surface area contributed by atoms with Crippen molar-refractivity contribution in [2.45, 2.75) is 25.9 Å². The van der Waals surface area contributed by atoms with E-state index in [1.54, 1.807) is 7.11 Å². The van der Waals surface area contributed by atoms with E-state index in [1.807, 2.05) is 25.1 Å². The van der Waals surface area contributed by atoms with Gasteiger partial charge in [-0.05, 0) is 43.4 Å². The normalized spacial score (nSPS) is 12.9. The van der Waals surface area contributed by atoms with Crippen molar-refractivity contribution in [3.05, 3.63) is 30.0 Å². The first-order chi connectivity index (χ1) is 7.69. The van der Waals surface area contributed by atoms with Gasteiger partial charge >= 0.3 is 0 Å². The average molecular weight is 219 g/mol. The summed E-state index contributed by atoms with van der Waals surface area (Å²) in [5.41, 5.74) is 2.24. The number of aromatic nitrogens is 1. The van der Waals surface area contributed by atoms with E-state index in [9.17, 15) is 5.11 Å². The van der Waals surface area contributed by atoms with E-state index in [2.05, 4.69) is 11.1 Å². The van der Waals surface area contributed by atoms with Gasteiger partial charge in [0.2, 0.25) is 0 Å². The maximum absolute atomic E-state index is 9.24. The number of aliphatic hydroxyl groups is 1. The Morgan fingerprint density at radius 3 is 2.88 bits per heavy atom. The highest BCUT2D eigenvalue weighted by Crippen LogP contribution is 2.21. The van der Waals surface area contributed by atoms with Gasteiger partial charge in [0.05, 0.1) is 13.2 Å². The Labute approximate surface area is 95.1 Å². The second-order valence-electron chi connectivity index (χ2n) is 4.14. The Kier molecular flexibility index (Phi) is 3.15. The summed E-state index contributed by atoms with van der Waals surface area (Å²) in [6.07, 6.45) is 1.40. The SMILES string of the molecule is COc1ccc2cc(CC[C@@H](C)O)[nH]c2c1. The van der Waals surface area contributed by atoms with Crippen LogP contribution in [0.15, 0.2) is 24.3 Å². The molecule has 0 unspecified atom stereocenters. The van der Waals surface area contributed by atoms with E-state index in [1.165, 1.54) is 5.39 Å². The molecule has 0 spiro atoms. The lowest BCUT2D eigenvalue weighted by molar-refractivity contribution is 0.184. The van der Waals surface area contributed by atoms with Gasteiger partial charge in [-0.15, -0.1) is 0 Å². The molecule has 0 aliphatic carbocycles. The molecule has 86 valence electrons. The third-order valence-electron chi connectivity index (χ3n) is 2.72. The first kappa shape index (κ1) is 11.0. The molecule has 2 rings (SSSR count). The van der Waals surface area contributed by atoms with E-state index >= 15 is 0 Å². The molecule has 0 saturated heterocycles. The molecule has 0 amide bonds. The third kappa shape index (κ3) is 2.36. The predicted molar refractivity (Wildman–Crippen MR) is 64.9 cm³/mol. The summed E-state index contributed by atoms with van der Waals surface area (Å²) in [7, 11) is 1.67. The van der Waals surface area contributed by atoms with E-state index in [0.29, 0.717) is 0 Å². The second-order valence-corrected chi connectivity index (χ2v) is 4.14. The quantitative estimate of drug-likeness (QED) is 0.829. The van der Waals surface area contributed by atoms with Crippen molar-refractivity contribution in [2.75, 3.05) is 7.11 Å². The highest BCUT2D eigenvalue weighted by Gasteiger charge is 2.03. The third-order valence-corrected chi connectivity index (χ3v) is 2.72. The van der Waals surface area contributed by atoms with Crippen molar-refractivity contribution in [1.82, 2.24) is 4.98 Å². The van der Waals surface area contributed by atoms with Crippen LogP contribution in [0.3, 0.4) is 0 Å². The van der Waals surface area contributed by atoms with Crippen LogP contribution < -0.4 is 4.74 Å². The molecule has 1 heterocycles. The van der Waals surface area contributed by atoms with Gasteiger partial charge < -0.3 is 14.8 Å². The van der Waals surface area contributed by atoms with Crippen LogP contribution in [0.4, 0.5) is 0 Å². The number of methoxy groups -OCH3 is 1. The number of aryl methyl sites for hydroxylation is 1. The number of rotatable bonds is 4. The lowest BCUT2D eigenvalue weighted by Gasteiger charge is -2.00. The standard InChI is InChI=1S/C13H17NO2/c1-9(15)3-5-11-7-10-4-6-12(16-2)8-13(10)14-11/h4,6-9,14-15H,3,5H2,1-2H3/t9-/m1/s1. The Balaban J connectivity index is 2.22. The van der Waals surface area contributed by atoms with Crippen LogP contribution in [-0.4, -0.2) is 23.3 Å². The van der Waals surface area contributed by atoms with Gasteiger partial charge in [0.1, 0.15) is 5.75 Å². The Bertz CT molecular complexity index is 474. The molecule has 0 radical (unpaired) electrons. The molecule has 2 aromatic rings. The second kappa shape index (κ2) is 4.58. The van der Waals surface area contributed by atoms with Gasteiger partial charge in [-0.3, -0.25) is 0 Å². The van der Waals surface area contributed by atoms with Crippen molar-refractivity contribution < 1.29 is 9.84 Å². The van der Waals surface area contributed by atoms with Gasteiger partial charge in [0, 0.05) is 17.3 Å². The van der Waals surface area contributed by atoms with E-state index in [-0.39, 0.29) is 6.10 Å². The molecule has 0 fully saturated rings. The highest BCUT2D eigenvalue weighted by atomic mass is 16.5. The van der Waals surface area contributed by atoms with Crippen LogP contribution in [0.1, 0.15) is 19.0 Å². The van der Waals surface area contributed by atoms with Crippen molar-refractivity contribution in [1.29, 1.82) is 0 Å². The number of aliphatic hydroxyl groups excluding tert-OH is 1. The molecule has 1 aromatic heterocycles. The zero-order valence-electron chi connectivity index (χ0n) is 9.66. The minimum Gasteiger partial charge on any atom is -0.497 e. The first-order valence-corrected chi connectivity index (χ1v) is 5.53. The summed E-state index contributed by atoms with van der Waals surface area (Å²) >= 11 is 0. The van der Waals surface area contributed by atoms with Crippen molar-refractivity contribution in [2.24, 2.45) is 0 Å².